The number of phenols is 2. The molecule has 0 radical (unpaired) electrons. The van der Waals surface area contributed by atoms with Gasteiger partial charge in [-0.3, -0.25) is 9.11 Å². The molecule has 0 saturated heterocycles. The van der Waals surface area contributed by atoms with Crippen molar-refractivity contribution in [3.63, 3.8) is 0 Å². The van der Waals surface area contributed by atoms with Crippen LogP contribution in [0.15, 0.2) is 133 Å². The third-order valence-corrected chi connectivity index (χ3v) is 12.8. The van der Waals surface area contributed by atoms with Gasteiger partial charge >= 0.3 is 0 Å². The van der Waals surface area contributed by atoms with Crippen LogP contribution in [0.25, 0.3) is 21.5 Å². The summed E-state index contributed by atoms with van der Waals surface area (Å²) in [6.07, 6.45) is 2.10. The van der Waals surface area contributed by atoms with Gasteiger partial charge in [-0.2, -0.15) is 27.1 Å². The summed E-state index contributed by atoms with van der Waals surface area (Å²) in [6, 6.07) is 27.5. The molecule has 59 heavy (non-hydrogen) atoms. The molecule has 308 valence electrons. The molecule has 0 aromatic heterocycles. The lowest BCUT2D eigenvalue weighted by atomic mass is 9.77. The Balaban J connectivity index is 1.40. The van der Waals surface area contributed by atoms with Gasteiger partial charge in [-0.15, -0.1) is 10.2 Å². The maximum absolute atomic E-state index is 12.3. The first-order valence-electron chi connectivity index (χ1n) is 19.3. The maximum Gasteiger partial charge on any atom is 0.295 e. The van der Waals surface area contributed by atoms with Crippen LogP contribution in [0.1, 0.15) is 82.1 Å². The first kappa shape index (κ1) is 43.0. The molecule has 2 unspecified atom stereocenters. The summed E-state index contributed by atoms with van der Waals surface area (Å²) in [4.78, 5) is -0.825. The van der Waals surface area contributed by atoms with Crippen molar-refractivity contribution in [3.8, 4) is 11.5 Å². The Morgan fingerprint density at radius 1 is 0.508 bits per heavy atom. The highest BCUT2D eigenvalue weighted by atomic mass is 32.2. The lowest BCUT2D eigenvalue weighted by Crippen LogP contribution is -2.15. The molecule has 0 aliphatic heterocycles. The van der Waals surface area contributed by atoms with E-state index in [2.05, 4.69) is 34.3 Å². The van der Waals surface area contributed by atoms with Crippen molar-refractivity contribution >= 4 is 64.5 Å². The van der Waals surface area contributed by atoms with Crippen molar-refractivity contribution < 1.29 is 41.3 Å². The minimum absolute atomic E-state index is 0.119. The summed E-state index contributed by atoms with van der Waals surface area (Å²) < 4.78 is 68.8. The Bertz CT molecular complexity index is 2780. The molecular weight excluding hydrogens is 793 g/mol. The van der Waals surface area contributed by atoms with Gasteiger partial charge in [0.25, 0.3) is 20.2 Å². The van der Waals surface area contributed by atoms with Crippen molar-refractivity contribution in [1.29, 1.82) is 0 Å². The third kappa shape index (κ3) is 9.04. The van der Waals surface area contributed by atoms with Crippen LogP contribution in [0.5, 0.6) is 11.5 Å². The van der Waals surface area contributed by atoms with E-state index in [4.69, 9.17) is 0 Å². The highest BCUT2D eigenvalue weighted by Gasteiger charge is 2.27. The Morgan fingerprint density at radius 2 is 0.932 bits per heavy atom. The molecule has 0 fully saturated rings. The standard InChI is InChI=1S/C44H46N4O9S2/c1-5-26(6-2)41(28-17-20-30(21-18-28)45-47-37-24-39(58(52,53)54)31-13-9-11-15-33(31)43(37)50)29-19-22-36(35(23-29)42(49)27(7-3)8-4)46-48-38-25-40(59(55,56)57)32-14-10-12-16-34(32)44(38)51/h9-27,41-42,49-51H,5-8H2,1-4H3,(H,52,53,54)(H,55,56,57). The van der Waals surface area contributed by atoms with Crippen LogP contribution in [0.2, 0.25) is 0 Å². The average molecular weight is 839 g/mol. The molecule has 0 saturated carbocycles. The Labute approximate surface area is 343 Å². The van der Waals surface area contributed by atoms with Crippen LogP contribution in [-0.2, 0) is 20.2 Å². The molecule has 0 bridgehead atoms. The number of hydrogen-bond acceptors (Lipinski definition) is 11. The lowest BCUT2D eigenvalue weighted by Gasteiger charge is -2.28. The molecule has 0 aliphatic carbocycles. The second-order valence-corrected chi connectivity index (χ2v) is 17.2. The second-order valence-electron chi connectivity index (χ2n) is 14.4. The molecule has 0 aliphatic rings. The zero-order valence-corrected chi connectivity index (χ0v) is 34.6. The number of aliphatic hydroxyl groups excluding tert-OH is 1. The number of hydrogen-bond donors (Lipinski definition) is 5. The Morgan fingerprint density at radius 3 is 1.39 bits per heavy atom. The van der Waals surface area contributed by atoms with Gasteiger partial charge in [0.15, 0.2) is 11.5 Å². The fraction of sp³-hybridized carbons (Fsp3) is 0.273. The van der Waals surface area contributed by atoms with Crippen molar-refractivity contribution in [1.82, 2.24) is 0 Å². The van der Waals surface area contributed by atoms with Crippen molar-refractivity contribution in [2.45, 2.75) is 75.2 Å². The predicted molar refractivity (Wildman–Crippen MR) is 227 cm³/mol. The van der Waals surface area contributed by atoms with E-state index in [0.29, 0.717) is 29.8 Å². The minimum Gasteiger partial charge on any atom is -0.505 e. The van der Waals surface area contributed by atoms with Gasteiger partial charge in [-0.05, 0) is 53.3 Å². The van der Waals surface area contributed by atoms with Gasteiger partial charge in [-0.25, -0.2) is 0 Å². The SMILES string of the molecule is CCC(CC)C(O)c1cc(C(c2ccc(N=Nc3cc(S(=O)(=O)O)c4ccccc4c3O)cc2)C(CC)CC)ccc1N=Nc1cc(S(=O)(=O)O)c2ccccc2c1O. The van der Waals surface area contributed by atoms with E-state index in [0.717, 1.165) is 36.1 Å². The van der Waals surface area contributed by atoms with Gasteiger partial charge in [0, 0.05) is 33.0 Å². The number of nitrogens with zero attached hydrogens (tertiary/aromatic N) is 4. The predicted octanol–water partition coefficient (Wildman–Crippen LogP) is 11.8. The Hall–Kier alpha value is -5.58. The highest BCUT2D eigenvalue weighted by Crippen LogP contribution is 2.44. The first-order valence-corrected chi connectivity index (χ1v) is 22.2. The van der Waals surface area contributed by atoms with Gasteiger partial charge in [0.05, 0.1) is 17.5 Å². The molecule has 2 atom stereocenters. The molecule has 6 aromatic rings. The van der Waals surface area contributed by atoms with Gasteiger partial charge in [-0.1, -0.05) is 126 Å². The van der Waals surface area contributed by atoms with Crippen LogP contribution >= 0.6 is 0 Å². The molecule has 15 heteroatoms. The van der Waals surface area contributed by atoms with Crippen LogP contribution in [0.3, 0.4) is 0 Å². The van der Waals surface area contributed by atoms with Gasteiger partial charge in [0.2, 0.25) is 0 Å². The first-order chi connectivity index (χ1) is 28.1. The summed E-state index contributed by atoms with van der Waals surface area (Å²) in [6.45, 7) is 8.21. The van der Waals surface area contributed by atoms with Gasteiger partial charge in [0.1, 0.15) is 21.2 Å². The molecule has 13 nitrogen and oxygen atoms in total. The topological polar surface area (TPSA) is 219 Å². The summed E-state index contributed by atoms with van der Waals surface area (Å²) in [7, 11) is -9.32. The number of aromatic hydroxyl groups is 2. The number of aliphatic hydroxyl groups is 1. The Kier molecular flexibility index (Phi) is 12.9. The van der Waals surface area contributed by atoms with Crippen molar-refractivity contribution in [2.24, 2.45) is 32.3 Å². The smallest absolute Gasteiger partial charge is 0.295 e. The summed E-state index contributed by atoms with van der Waals surface area (Å²) in [5.74, 6) is -0.683. The van der Waals surface area contributed by atoms with Crippen molar-refractivity contribution in [2.75, 3.05) is 0 Å². The minimum atomic E-state index is -4.68. The van der Waals surface area contributed by atoms with Crippen LogP contribution in [-0.4, -0.2) is 41.3 Å². The fourth-order valence-electron chi connectivity index (χ4n) is 7.75. The molecular formula is C44H46N4O9S2. The van der Waals surface area contributed by atoms with E-state index in [1.165, 1.54) is 24.3 Å². The zero-order chi connectivity index (χ0) is 42.6. The zero-order valence-electron chi connectivity index (χ0n) is 32.9. The van der Waals surface area contributed by atoms with E-state index >= 15 is 0 Å². The maximum atomic E-state index is 12.3. The van der Waals surface area contributed by atoms with Crippen LogP contribution in [0, 0.1) is 11.8 Å². The van der Waals surface area contributed by atoms with Gasteiger partial charge < -0.3 is 15.3 Å². The molecule has 0 heterocycles. The number of benzene rings is 6. The van der Waals surface area contributed by atoms with E-state index in [1.54, 1.807) is 42.5 Å². The monoisotopic (exact) mass is 838 g/mol. The number of phenolic OH excluding ortho intramolecular Hbond substituents is 2. The highest BCUT2D eigenvalue weighted by molar-refractivity contribution is 7.86. The fourth-order valence-corrected chi connectivity index (χ4v) is 9.19. The van der Waals surface area contributed by atoms with E-state index in [1.807, 2.05) is 38.1 Å². The second kappa shape index (κ2) is 17.7. The van der Waals surface area contributed by atoms with Crippen molar-refractivity contribution in [3.05, 3.63) is 120 Å². The van der Waals surface area contributed by atoms with E-state index in [-0.39, 0.29) is 62.2 Å². The summed E-state index contributed by atoms with van der Waals surface area (Å²) >= 11 is 0. The number of rotatable bonds is 15. The van der Waals surface area contributed by atoms with E-state index < -0.39 is 36.1 Å². The number of fused-ring (bicyclic) bond motifs is 2. The molecule has 5 N–H and O–H groups in total. The number of azo groups is 2. The summed E-state index contributed by atoms with van der Waals surface area (Å²) in [5.41, 5.74) is 2.81. The third-order valence-electron chi connectivity index (χ3n) is 11.0. The average Bonchev–Trinajstić information content (AvgIpc) is 3.22. The molecule has 0 amide bonds. The van der Waals surface area contributed by atoms with Crippen LogP contribution < -0.4 is 0 Å². The molecule has 0 spiro atoms. The largest absolute Gasteiger partial charge is 0.505 e. The summed E-state index contributed by atoms with van der Waals surface area (Å²) in [5, 5.41) is 51.5. The van der Waals surface area contributed by atoms with E-state index in [9.17, 15) is 41.3 Å². The van der Waals surface area contributed by atoms with Crippen LogP contribution in [0.4, 0.5) is 22.7 Å². The quantitative estimate of drug-likeness (QED) is 0.0490. The molecule has 6 aromatic carbocycles. The lowest BCUT2D eigenvalue weighted by molar-refractivity contribution is 0.104. The molecule has 6 rings (SSSR count). The normalized spacial score (nSPS) is 13.7.